The van der Waals surface area contributed by atoms with Crippen molar-refractivity contribution >= 4 is 15.9 Å². The van der Waals surface area contributed by atoms with E-state index in [2.05, 4.69) is 5.32 Å². The largest absolute Gasteiger partial charge is 0.496 e. The van der Waals surface area contributed by atoms with Crippen molar-refractivity contribution < 1.29 is 27.4 Å². The summed E-state index contributed by atoms with van der Waals surface area (Å²) in [6.07, 6.45) is -0.374. The van der Waals surface area contributed by atoms with Gasteiger partial charge in [0.15, 0.2) is 11.5 Å². The maximum Gasteiger partial charge on any atom is 0.255 e. The highest BCUT2D eigenvalue weighted by Gasteiger charge is 2.23. The molecule has 0 fully saturated rings. The fourth-order valence-electron chi connectivity index (χ4n) is 2.51. The molecular formula is C17H18N2O6S. The Balaban J connectivity index is 1.71. The SMILES string of the molecule is COc1ccc(S(N)(=O)=O)cc1C(=O)NCC1COc2ccccc2O1. The molecule has 1 atom stereocenters. The molecule has 0 saturated heterocycles. The van der Waals surface area contributed by atoms with Gasteiger partial charge >= 0.3 is 0 Å². The quantitative estimate of drug-likeness (QED) is 0.799. The summed E-state index contributed by atoms with van der Waals surface area (Å²) < 4.78 is 39.5. The van der Waals surface area contributed by atoms with Crippen molar-refractivity contribution in [2.24, 2.45) is 5.14 Å². The summed E-state index contributed by atoms with van der Waals surface area (Å²) in [5.41, 5.74) is 0.0659. The van der Waals surface area contributed by atoms with E-state index in [1.165, 1.54) is 25.3 Å². The average Bonchev–Trinajstić information content (AvgIpc) is 2.64. The van der Waals surface area contributed by atoms with Crippen LogP contribution in [0.3, 0.4) is 0 Å². The molecule has 1 unspecified atom stereocenters. The summed E-state index contributed by atoms with van der Waals surface area (Å²) >= 11 is 0. The van der Waals surface area contributed by atoms with Gasteiger partial charge in [-0.1, -0.05) is 12.1 Å². The van der Waals surface area contributed by atoms with Gasteiger partial charge in [0.05, 0.1) is 24.1 Å². The van der Waals surface area contributed by atoms with E-state index in [1.54, 1.807) is 12.1 Å². The van der Waals surface area contributed by atoms with Crippen LogP contribution in [0.5, 0.6) is 17.2 Å². The van der Waals surface area contributed by atoms with Crippen molar-refractivity contribution in [3.63, 3.8) is 0 Å². The van der Waals surface area contributed by atoms with Crippen molar-refractivity contribution in [2.75, 3.05) is 20.3 Å². The summed E-state index contributed by atoms with van der Waals surface area (Å²) in [4.78, 5) is 12.3. The van der Waals surface area contributed by atoms with Crippen LogP contribution in [0.2, 0.25) is 0 Å². The Morgan fingerprint density at radius 3 is 2.69 bits per heavy atom. The molecule has 0 bridgehead atoms. The number of benzene rings is 2. The van der Waals surface area contributed by atoms with Crippen LogP contribution in [0.4, 0.5) is 0 Å². The van der Waals surface area contributed by atoms with Crippen LogP contribution >= 0.6 is 0 Å². The minimum atomic E-state index is -3.93. The van der Waals surface area contributed by atoms with Crippen LogP contribution in [0, 0.1) is 0 Å². The zero-order valence-electron chi connectivity index (χ0n) is 14.0. The Morgan fingerprint density at radius 1 is 1.27 bits per heavy atom. The average molecular weight is 378 g/mol. The molecule has 1 aliphatic rings. The molecule has 0 aromatic heterocycles. The predicted molar refractivity (Wildman–Crippen MR) is 93.1 cm³/mol. The lowest BCUT2D eigenvalue weighted by molar-refractivity contribution is 0.0787. The number of carbonyl (C=O) groups excluding carboxylic acids is 1. The third kappa shape index (κ3) is 3.89. The van der Waals surface area contributed by atoms with Crippen molar-refractivity contribution in [3.05, 3.63) is 48.0 Å². The van der Waals surface area contributed by atoms with Gasteiger partial charge in [0.25, 0.3) is 5.91 Å². The smallest absolute Gasteiger partial charge is 0.255 e. The summed E-state index contributed by atoms with van der Waals surface area (Å²) in [6, 6.07) is 11.1. The molecule has 9 heteroatoms. The van der Waals surface area contributed by atoms with Crippen molar-refractivity contribution in [1.29, 1.82) is 0 Å². The predicted octanol–water partition coefficient (Wildman–Crippen LogP) is 0.912. The first kappa shape index (κ1) is 18.0. The number of nitrogens with two attached hydrogens (primary N) is 1. The number of para-hydroxylation sites is 2. The number of hydrogen-bond donors (Lipinski definition) is 2. The number of sulfonamides is 1. The summed E-state index contributed by atoms with van der Waals surface area (Å²) in [5, 5.41) is 7.81. The van der Waals surface area contributed by atoms with Gasteiger partial charge in [0, 0.05) is 0 Å². The maximum absolute atomic E-state index is 12.5. The van der Waals surface area contributed by atoms with Crippen LogP contribution in [0.25, 0.3) is 0 Å². The number of ether oxygens (including phenoxy) is 3. The van der Waals surface area contributed by atoms with Gasteiger partial charge in [0.2, 0.25) is 10.0 Å². The molecule has 0 spiro atoms. The third-order valence-corrected chi connectivity index (χ3v) is 4.71. The zero-order chi connectivity index (χ0) is 18.7. The molecule has 3 rings (SSSR count). The number of carbonyl (C=O) groups is 1. The van der Waals surface area contributed by atoms with Crippen LogP contribution in [-0.2, 0) is 10.0 Å². The van der Waals surface area contributed by atoms with E-state index in [-0.39, 0.29) is 35.5 Å². The summed E-state index contributed by atoms with van der Waals surface area (Å²) in [7, 11) is -2.55. The Bertz CT molecular complexity index is 929. The minimum Gasteiger partial charge on any atom is -0.496 e. The monoisotopic (exact) mass is 378 g/mol. The fraction of sp³-hybridized carbons (Fsp3) is 0.235. The van der Waals surface area contributed by atoms with Crippen LogP contribution < -0.4 is 24.7 Å². The van der Waals surface area contributed by atoms with E-state index in [0.717, 1.165) is 0 Å². The molecule has 8 nitrogen and oxygen atoms in total. The van der Waals surface area contributed by atoms with Gasteiger partial charge in [-0.25, -0.2) is 13.6 Å². The van der Waals surface area contributed by atoms with Gasteiger partial charge in [-0.2, -0.15) is 0 Å². The van der Waals surface area contributed by atoms with Crippen molar-refractivity contribution in [2.45, 2.75) is 11.0 Å². The first-order chi connectivity index (χ1) is 12.4. The fourth-order valence-corrected chi connectivity index (χ4v) is 3.05. The van der Waals surface area contributed by atoms with E-state index in [9.17, 15) is 13.2 Å². The standard InChI is InChI=1S/C17H18N2O6S/c1-23-14-7-6-12(26(18,21)22)8-13(14)17(20)19-9-11-10-24-15-4-2-3-5-16(15)25-11/h2-8,11H,9-10H2,1H3,(H,19,20)(H2,18,21,22). The zero-order valence-corrected chi connectivity index (χ0v) is 14.8. The molecule has 3 N–H and O–H groups in total. The number of methoxy groups -OCH3 is 1. The van der Waals surface area contributed by atoms with Gasteiger partial charge in [-0.15, -0.1) is 0 Å². The number of fused-ring (bicyclic) bond motifs is 1. The molecule has 0 radical (unpaired) electrons. The molecule has 0 saturated carbocycles. The number of rotatable bonds is 5. The number of primary sulfonamides is 1. The normalized spacial score (nSPS) is 16.0. The van der Waals surface area contributed by atoms with Gasteiger partial charge in [-0.05, 0) is 30.3 Å². The highest BCUT2D eigenvalue weighted by atomic mass is 32.2. The van der Waals surface area contributed by atoms with Crippen LogP contribution in [-0.4, -0.2) is 40.7 Å². The second-order valence-electron chi connectivity index (χ2n) is 5.61. The number of nitrogens with one attached hydrogen (secondary N) is 1. The summed E-state index contributed by atoms with van der Waals surface area (Å²) in [5.74, 6) is 0.986. The topological polar surface area (TPSA) is 117 Å². The molecule has 0 aliphatic carbocycles. The second-order valence-corrected chi connectivity index (χ2v) is 7.18. The lowest BCUT2D eigenvalue weighted by Gasteiger charge is -2.26. The molecule has 2 aromatic carbocycles. The number of amides is 1. The molecule has 26 heavy (non-hydrogen) atoms. The first-order valence-corrected chi connectivity index (χ1v) is 9.30. The van der Waals surface area contributed by atoms with Gasteiger partial charge in [-0.3, -0.25) is 4.79 Å². The van der Waals surface area contributed by atoms with Gasteiger partial charge in [0.1, 0.15) is 18.5 Å². The van der Waals surface area contributed by atoms with Crippen molar-refractivity contribution in [3.8, 4) is 17.2 Å². The number of hydrogen-bond acceptors (Lipinski definition) is 6. The Morgan fingerprint density at radius 2 is 2.00 bits per heavy atom. The minimum absolute atomic E-state index is 0.0659. The van der Waals surface area contributed by atoms with Crippen LogP contribution in [0.1, 0.15) is 10.4 Å². The van der Waals surface area contributed by atoms with Gasteiger partial charge < -0.3 is 19.5 Å². The molecule has 1 aliphatic heterocycles. The van der Waals surface area contributed by atoms with Crippen LogP contribution in [0.15, 0.2) is 47.4 Å². The van der Waals surface area contributed by atoms with E-state index < -0.39 is 15.9 Å². The molecule has 138 valence electrons. The maximum atomic E-state index is 12.5. The van der Waals surface area contributed by atoms with E-state index in [1.807, 2.05) is 12.1 Å². The lowest BCUT2D eigenvalue weighted by atomic mass is 10.2. The summed E-state index contributed by atoms with van der Waals surface area (Å²) in [6.45, 7) is 0.460. The lowest BCUT2D eigenvalue weighted by Crippen LogP contribution is -2.40. The van der Waals surface area contributed by atoms with Crippen molar-refractivity contribution in [1.82, 2.24) is 5.32 Å². The Hall–Kier alpha value is -2.78. The molecule has 1 heterocycles. The Kier molecular flexibility index (Phi) is 5.01. The Labute approximate surface area is 150 Å². The molecule has 2 aromatic rings. The first-order valence-electron chi connectivity index (χ1n) is 7.76. The van der Waals surface area contributed by atoms with E-state index in [0.29, 0.717) is 11.5 Å². The van der Waals surface area contributed by atoms with E-state index >= 15 is 0 Å². The third-order valence-electron chi connectivity index (χ3n) is 3.80. The highest BCUT2D eigenvalue weighted by molar-refractivity contribution is 7.89. The van der Waals surface area contributed by atoms with E-state index in [4.69, 9.17) is 19.3 Å². The molecule has 1 amide bonds. The second kappa shape index (κ2) is 7.22. The highest BCUT2D eigenvalue weighted by Crippen LogP contribution is 2.30. The molecular weight excluding hydrogens is 360 g/mol.